The lowest BCUT2D eigenvalue weighted by molar-refractivity contribution is -0.141. The number of alkyl halides is 3. The van der Waals surface area contributed by atoms with Gasteiger partial charge in [0.25, 0.3) is 0 Å². The Labute approximate surface area is 94.2 Å². The zero-order valence-electron chi connectivity index (χ0n) is 8.61. The average Bonchev–Trinajstić information content (AvgIpc) is 2.57. The molecule has 2 rings (SSSR count). The summed E-state index contributed by atoms with van der Waals surface area (Å²) in [5.74, 6) is 0. The van der Waals surface area contributed by atoms with Gasteiger partial charge in [-0.15, -0.1) is 0 Å². The van der Waals surface area contributed by atoms with Gasteiger partial charge in [-0.1, -0.05) is 0 Å². The third kappa shape index (κ3) is 2.51. The van der Waals surface area contributed by atoms with E-state index in [1.54, 1.807) is 0 Å². The molecule has 8 heteroatoms. The summed E-state index contributed by atoms with van der Waals surface area (Å²) in [6.07, 6.45) is -3.36. The Morgan fingerprint density at radius 2 is 2.18 bits per heavy atom. The fourth-order valence-electron chi connectivity index (χ4n) is 1.79. The van der Waals surface area contributed by atoms with Crippen LogP contribution in [0.15, 0.2) is 12.3 Å². The van der Waals surface area contributed by atoms with Gasteiger partial charge in [0, 0.05) is 12.2 Å². The highest BCUT2D eigenvalue weighted by Gasteiger charge is 2.36. The number of carbonyl (C=O) groups is 1. The van der Waals surface area contributed by atoms with Gasteiger partial charge in [0.2, 0.25) is 0 Å². The number of rotatable bonds is 2. The Hall–Kier alpha value is -1.73. The van der Waals surface area contributed by atoms with Crippen molar-refractivity contribution < 1.29 is 23.1 Å². The highest BCUT2D eigenvalue weighted by atomic mass is 19.4. The summed E-state index contributed by atoms with van der Waals surface area (Å²) >= 11 is 0. The molecule has 2 N–H and O–H groups in total. The molecule has 1 saturated carbocycles. The first-order valence-corrected chi connectivity index (χ1v) is 4.98. The van der Waals surface area contributed by atoms with E-state index in [1.165, 1.54) is 10.9 Å². The maximum Gasteiger partial charge on any atom is 0.435 e. The first-order valence-electron chi connectivity index (χ1n) is 4.98. The van der Waals surface area contributed by atoms with E-state index >= 15 is 0 Å². The van der Waals surface area contributed by atoms with E-state index in [4.69, 9.17) is 5.11 Å². The summed E-state index contributed by atoms with van der Waals surface area (Å²) in [6.45, 7) is 0. The van der Waals surface area contributed by atoms with Gasteiger partial charge in [-0.25, -0.2) is 4.79 Å². The maximum absolute atomic E-state index is 12.3. The van der Waals surface area contributed by atoms with Crippen molar-refractivity contribution in [3.8, 4) is 0 Å². The van der Waals surface area contributed by atoms with Crippen molar-refractivity contribution in [2.24, 2.45) is 0 Å². The Balaban J connectivity index is 1.93. The summed E-state index contributed by atoms with van der Waals surface area (Å²) in [6, 6.07) is 0.553. The molecule has 1 aromatic rings. The molecule has 0 aromatic carbocycles. The zero-order chi connectivity index (χ0) is 12.6. The highest BCUT2D eigenvalue weighted by Crippen LogP contribution is 2.34. The Morgan fingerprint density at radius 1 is 1.53 bits per heavy atom. The van der Waals surface area contributed by atoms with Crippen LogP contribution in [-0.2, 0) is 6.18 Å². The summed E-state index contributed by atoms with van der Waals surface area (Å²) < 4.78 is 38.0. The Morgan fingerprint density at radius 3 is 2.65 bits per heavy atom. The topological polar surface area (TPSA) is 67.2 Å². The molecule has 1 aromatic heterocycles. The van der Waals surface area contributed by atoms with Crippen molar-refractivity contribution in [1.82, 2.24) is 15.1 Å². The number of amides is 1. The molecule has 1 aliphatic rings. The van der Waals surface area contributed by atoms with Crippen LogP contribution in [0.5, 0.6) is 0 Å². The lowest BCUT2D eigenvalue weighted by Gasteiger charge is -2.34. The molecule has 1 aliphatic carbocycles. The predicted octanol–water partition coefficient (Wildman–Crippen LogP) is 1.87. The predicted molar refractivity (Wildman–Crippen MR) is 50.4 cm³/mol. The molecule has 0 unspecified atom stereocenters. The molecular formula is C9H10F3N3O2. The van der Waals surface area contributed by atoms with E-state index in [-0.39, 0.29) is 12.1 Å². The van der Waals surface area contributed by atoms with Crippen LogP contribution in [0.4, 0.5) is 18.0 Å². The van der Waals surface area contributed by atoms with Gasteiger partial charge in [-0.05, 0) is 18.9 Å². The van der Waals surface area contributed by atoms with Crippen LogP contribution in [0.2, 0.25) is 0 Å². The number of hydrogen-bond acceptors (Lipinski definition) is 2. The molecule has 17 heavy (non-hydrogen) atoms. The number of carboxylic acid groups (broad SMARTS) is 1. The van der Waals surface area contributed by atoms with Gasteiger partial charge in [-0.3, -0.25) is 4.68 Å². The smallest absolute Gasteiger partial charge is 0.435 e. The minimum atomic E-state index is -4.44. The van der Waals surface area contributed by atoms with Gasteiger partial charge in [0.1, 0.15) is 0 Å². The molecule has 0 spiro atoms. The van der Waals surface area contributed by atoms with E-state index in [0.717, 1.165) is 6.07 Å². The molecule has 0 atom stereocenters. The third-order valence-electron chi connectivity index (χ3n) is 2.71. The monoisotopic (exact) mass is 249 g/mol. The van der Waals surface area contributed by atoms with Crippen molar-refractivity contribution in [1.29, 1.82) is 0 Å². The summed E-state index contributed by atoms with van der Waals surface area (Å²) in [4.78, 5) is 10.3. The lowest BCUT2D eigenvalue weighted by atomic mass is 9.87. The quantitative estimate of drug-likeness (QED) is 0.840. The Bertz CT molecular complexity index is 423. The average molecular weight is 249 g/mol. The second kappa shape index (κ2) is 3.94. The van der Waals surface area contributed by atoms with Crippen LogP contribution in [0.1, 0.15) is 24.6 Å². The number of halogens is 3. The number of hydrogen-bond donors (Lipinski definition) is 2. The number of aromatic nitrogens is 2. The van der Waals surface area contributed by atoms with Crippen molar-refractivity contribution in [2.45, 2.75) is 31.1 Å². The lowest BCUT2D eigenvalue weighted by Crippen LogP contribution is -2.44. The molecule has 0 saturated heterocycles. The van der Waals surface area contributed by atoms with Crippen LogP contribution in [-0.4, -0.2) is 27.0 Å². The van der Waals surface area contributed by atoms with Gasteiger partial charge in [0.15, 0.2) is 5.69 Å². The maximum atomic E-state index is 12.3. The second-order valence-electron chi connectivity index (χ2n) is 3.95. The molecule has 5 nitrogen and oxygen atoms in total. The fraction of sp³-hybridized carbons (Fsp3) is 0.556. The molecule has 1 amide bonds. The van der Waals surface area contributed by atoms with Gasteiger partial charge < -0.3 is 10.4 Å². The summed E-state index contributed by atoms with van der Waals surface area (Å²) in [5, 5.41) is 14.1. The highest BCUT2D eigenvalue weighted by molar-refractivity contribution is 5.65. The van der Waals surface area contributed by atoms with Crippen LogP contribution >= 0.6 is 0 Å². The van der Waals surface area contributed by atoms with Gasteiger partial charge in [-0.2, -0.15) is 18.3 Å². The first kappa shape index (κ1) is 11.7. The molecule has 0 aliphatic heterocycles. The van der Waals surface area contributed by atoms with E-state index in [0.29, 0.717) is 12.8 Å². The van der Waals surface area contributed by atoms with E-state index in [9.17, 15) is 18.0 Å². The molecule has 0 bridgehead atoms. The van der Waals surface area contributed by atoms with Crippen molar-refractivity contribution in [2.75, 3.05) is 0 Å². The van der Waals surface area contributed by atoms with E-state index in [2.05, 4.69) is 10.4 Å². The first-order chi connectivity index (χ1) is 7.86. The second-order valence-corrected chi connectivity index (χ2v) is 3.95. The van der Waals surface area contributed by atoms with Crippen LogP contribution < -0.4 is 5.32 Å². The van der Waals surface area contributed by atoms with Crippen molar-refractivity contribution in [3.05, 3.63) is 18.0 Å². The molecule has 0 radical (unpaired) electrons. The largest absolute Gasteiger partial charge is 0.465 e. The normalized spacial score (nSPS) is 24.2. The van der Waals surface area contributed by atoms with Crippen molar-refractivity contribution in [3.63, 3.8) is 0 Å². The summed E-state index contributed by atoms with van der Waals surface area (Å²) in [7, 11) is 0. The molecule has 1 fully saturated rings. The number of nitrogens with zero attached hydrogens (tertiary/aromatic N) is 2. The third-order valence-corrected chi connectivity index (χ3v) is 2.71. The SMILES string of the molecule is O=C(O)NC1CC(n2ccc(C(F)(F)F)n2)C1. The minimum absolute atomic E-state index is 0.164. The van der Waals surface area contributed by atoms with Crippen LogP contribution in [0, 0.1) is 0 Å². The van der Waals surface area contributed by atoms with Gasteiger partial charge in [0.05, 0.1) is 6.04 Å². The van der Waals surface area contributed by atoms with Crippen LogP contribution in [0.3, 0.4) is 0 Å². The summed E-state index contributed by atoms with van der Waals surface area (Å²) in [5.41, 5.74) is -0.924. The molecule has 94 valence electrons. The molecular weight excluding hydrogens is 239 g/mol. The van der Waals surface area contributed by atoms with E-state index in [1.807, 2.05) is 0 Å². The molecule has 1 heterocycles. The fourth-order valence-corrected chi connectivity index (χ4v) is 1.79. The van der Waals surface area contributed by atoms with Crippen LogP contribution in [0.25, 0.3) is 0 Å². The Kier molecular flexibility index (Phi) is 2.72. The van der Waals surface area contributed by atoms with Gasteiger partial charge >= 0.3 is 12.3 Å². The minimum Gasteiger partial charge on any atom is -0.465 e. The van der Waals surface area contributed by atoms with E-state index < -0.39 is 18.0 Å². The zero-order valence-corrected chi connectivity index (χ0v) is 8.61. The number of nitrogens with one attached hydrogen (secondary N) is 1. The van der Waals surface area contributed by atoms with Crippen molar-refractivity contribution >= 4 is 6.09 Å². The standard InChI is InChI=1S/C9H10F3N3O2/c10-9(11,12)7-1-2-15(14-7)6-3-5(4-6)13-8(16)17/h1-2,5-6,13H,3-4H2,(H,16,17).